The molecule has 1 fully saturated rings. The summed E-state index contributed by atoms with van der Waals surface area (Å²) in [5.74, 6) is -0.993. The molecule has 1 aliphatic heterocycles. The van der Waals surface area contributed by atoms with Crippen molar-refractivity contribution in [2.75, 3.05) is 0 Å². The van der Waals surface area contributed by atoms with Crippen LogP contribution in [0.3, 0.4) is 0 Å². The number of nitrogens with one attached hydrogen (secondary N) is 1. The summed E-state index contributed by atoms with van der Waals surface area (Å²) >= 11 is 11.2. The Morgan fingerprint density at radius 2 is 1.89 bits per heavy atom. The molecule has 2 atom stereocenters. The molecule has 184 valence electrons. The van der Waals surface area contributed by atoms with E-state index in [1.165, 1.54) is 11.8 Å². The van der Waals surface area contributed by atoms with E-state index >= 15 is 0 Å². The van der Waals surface area contributed by atoms with Crippen LogP contribution >= 0.6 is 39.3 Å². The minimum Gasteiger partial charge on any atom is -0.481 e. The van der Waals surface area contributed by atoms with Crippen molar-refractivity contribution in [2.24, 2.45) is 0 Å². The number of carboxylic acid groups (broad SMARTS) is 1. The number of aryl methyl sites for hydroxylation is 1. The Kier molecular flexibility index (Phi) is 6.90. The van der Waals surface area contributed by atoms with Gasteiger partial charge in [-0.2, -0.15) is 0 Å². The van der Waals surface area contributed by atoms with Gasteiger partial charge in [-0.3, -0.25) is 9.59 Å². The normalized spacial score (nSPS) is 19.8. The number of aromatic nitrogens is 1. The second kappa shape index (κ2) is 9.96. The second-order valence-electron chi connectivity index (χ2n) is 9.21. The average molecular weight is 584 g/mol. The van der Waals surface area contributed by atoms with Gasteiger partial charge in [0.15, 0.2) is 0 Å². The molecule has 5 nitrogen and oxygen atoms in total. The van der Waals surface area contributed by atoms with Gasteiger partial charge < -0.3 is 15.0 Å². The van der Waals surface area contributed by atoms with Gasteiger partial charge in [0.2, 0.25) is 5.91 Å². The lowest BCUT2D eigenvalue weighted by Crippen LogP contribution is -2.37. The summed E-state index contributed by atoms with van der Waals surface area (Å²) in [4.78, 5) is 32.0. The fourth-order valence-corrected chi connectivity index (χ4v) is 6.97. The van der Waals surface area contributed by atoms with Crippen LogP contribution in [-0.2, 0) is 16.1 Å². The monoisotopic (exact) mass is 582 g/mol. The largest absolute Gasteiger partial charge is 0.481 e. The van der Waals surface area contributed by atoms with Crippen LogP contribution in [0, 0.1) is 6.92 Å². The summed E-state index contributed by atoms with van der Waals surface area (Å²) in [5, 5.41) is 11.6. The summed E-state index contributed by atoms with van der Waals surface area (Å²) < 4.78 is 0.0571. The van der Waals surface area contributed by atoms with E-state index in [1.54, 1.807) is 0 Å². The number of amides is 1. The fraction of sp³-hybridized carbons (Fsp3) is 0.214. The lowest BCUT2D eigenvalue weighted by atomic mass is 9.89. The van der Waals surface area contributed by atoms with Crippen molar-refractivity contribution >= 4 is 62.1 Å². The summed E-state index contributed by atoms with van der Waals surface area (Å²) in [5.41, 5.74) is 3.84. The molecule has 0 aliphatic carbocycles. The molecule has 2 N–H and O–H groups in total. The van der Waals surface area contributed by atoms with Gasteiger partial charge >= 0.3 is 5.97 Å². The van der Waals surface area contributed by atoms with Crippen LogP contribution in [0.2, 0.25) is 5.02 Å². The van der Waals surface area contributed by atoms with Crippen LogP contribution in [-0.4, -0.2) is 31.6 Å². The molecular weight excluding hydrogens is 560 g/mol. The molecule has 2 unspecified atom stereocenters. The summed E-state index contributed by atoms with van der Waals surface area (Å²) in [6.45, 7) is 2.40. The minimum atomic E-state index is -0.930. The Balaban J connectivity index is 1.66. The van der Waals surface area contributed by atoms with Crippen LogP contribution in [0.1, 0.15) is 35.6 Å². The van der Waals surface area contributed by atoms with Gasteiger partial charge in [-0.25, -0.2) is 0 Å². The first-order chi connectivity index (χ1) is 17.2. The number of hydrogen-bond donors (Lipinski definition) is 2. The van der Waals surface area contributed by atoms with Gasteiger partial charge in [-0.15, -0.1) is 11.8 Å². The molecule has 2 heterocycles. The molecule has 3 aromatic carbocycles. The maximum atomic E-state index is 13.7. The van der Waals surface area contributed by atoms with Crippen molar-refractivity contribution in [3.05, 3.63) is 99.1 Å². The third-order valence-corrected chi connectivity index (χ3v) is 8.80. The van der Waals surface area contributed by atoms with Crippen LogP contribution in [0.15, 0.2) is 82.3 Å². The number of halogens is 2. The highest BCUT2D eigenvalue weighted by Crippen LogP contribution is 2.56. The number of H-pyrrole nitrogens is 1. The van der Waals surface area contributed by atoms with E-state index in [1.807, 2.05) is 84.8 Å². The zero-order valence-corrected chi connectivity index (χ0v) is 22.7. The van der Waals surface area contributed by atoms with E-state index in [9.17, 15) is 14.7 Å². The number of aliphatic carboxylic acids is 1. The van der Waals surface area contributed by atoms with Crippen LogP contribution < -0.4 is 0 Å². The molecule has 0 spiro atoms. The van der Waals surface area contributed by atoms with E-state index < -0.39 is 16.8 Å². The molecule has 1 saturated heterocycles. The molecule has 8 heteroatoms. The number of rotatable bonds is 7. The molecule has 36 heavy (non-hydrogen) atoms. The number of thioether (sulfide) groups is 1. The Labute approximate surface area is 227 Å². The number of hydrogen-bond acceptors (Lipinski definition) is 3. The van der Waals surface area contributed by atoms with Crippen LogP contribution in [0.25, 0.3) is 10.9 Å². The summed E-state index contributed by atoms with van der Waals surface area (Å²) in [6.07, 6.45) is 1.86. The van der Waals surface area contributed by atoms with Crippen molar-refractivity contribution in [3.8, 4) is 0 Å². The predicted octanol–water partition coefficient (Wildman–Crippen LogP) is 7.37. The predicted molar refractivity (Wildman–Crippen MR) is 147 cm³/mol. The minimum absolute atomic E-state index is 0.0629. The van der Waals surface area contributed by atoms with E-state index in [-0.39, 0.29) is 18.7 Å². The number of benzene rings is 3. The number of carbonyl (C=O) groups excluding carboxylic acids is 1. The number of carboxylic acids is 1. The maximum absolute atomic E-state index is 13.7. The molecule has 1 amide bonds. The molecule has 0 radical (unpaired) electrons. The topological polar surface area (TPSA) is 73.4 Å². The zero-order valence-electron chi connectivity index (χ0n) is 19.5. The SMILES string of the molecule is Cc1ccc(SC2(CC(=O)O)CC(=O)N(Cc3ccc(Br)cc3)C2c2c[nH]c3cc(Cl)ccc23)cc1. The second-order valence-corrected chi connectivity index (χ2v) is 12.1. The van der Waals surface area contributed by atoms with E-state index in [2.05, 4.69) is 20.9 Å². The summed E-state index contributed by atoms with van der Waals surface area (Å²) in [7, 11) is 0. The highest BCUT2D eigenvalue weighted by Gasteiger charge is 2.54. The van der Waals surface area contributed by atoms with Crippen molar-refractivity contribution < 1.29 is 14.7 Å². The zero-order chi connectivity index (χ0) is 25.4. The van der Waals surface area contributed by atoms with Gasteiger partial charge in [-0.05, 0) is 48.9 Å². The average Bonchev–Trinajstić information content (AvgIpc) is 3.34. The molecule has 4 aromatic rings. The van der Waals surface area contributed by atoms with Crippen molar-refractivity contribution in [3.63, 3.8) is 0 Å². The Morgan fingerprint density at radius 1 is 1.17 bits per heavy atom. The first-order valence-corrected chi connectivity index (χ1v) is 13.5. The van der Waals surface area contributed by atoms with Gasteiger partial charge in [0.1, 0.15) is 0 Å². The lowest BCUT2D eigenvalue weighted by molar-refractivity contribution is -0.137. The Bertz CT molecular complexity index is 1440. The molecule has 1 aliphatic rings. The Morgan fingerprint density at radius 3 is 2.58 bits per heavy atom. The highest BCUT2D eigenvalue weighted by molar-refractivity contribution is 9.10. The van der Waals surface area contributed by atoms with Crippen molar-refractivity contribution in [2.45, 2.75) is 42.0 Å². The third-order valence-electron chi connectivity index (χ3n) is 6.61. The maximum Gasteiger partial charge on any atom is 0.304 e. The van der Waals surface area contributed by atoms with Gasteiger partial charge in [0.05, 0.1) is 17.2 Å². The molecule has 5 rings (SSSR count). The third kappa shape index (κ3) is 4.92. The first-order valence-electron chi connectivity index (χ1n) is 11.5. The smallest absolute Gasteiger partial charge is 0.304 e. The van der Waals surface area contributed by atoms with Gasteiger partial charge in [0, 0.05) is 50.0 Å². The quantitative estimate of drug-likeness (QED) is 0.238. The summed E-state index contributed by atoms with van der Waals surface area (Å²) in [6, 6.07) is 21.0. The number of nitrogens with zero attached hydrogens (tertiary/aromatic N) is 1. The standard InChI is InChI=1S/C28H24BrClN2O3S/c1-17-2-9-21(10-3-17)36-28(14-26(34)35)13-25(33)32(16-18-4-6-19(29)7-5-18)27(28)23-15-31-24-12-20(30)8-11-22(23)24/h2-12,15,27,31H,13-14,16H2,1H3,(H,34,35). The number of aromatic amines is 1. The number of fused-ring (bicyclic) bond motifs is 1. The van der Waals surface area contributed by atoms with Crippen molar-refractivity contribution in [1.82, 2.24) is 9.88 Å². The first kappa shape index (κ1) is 24.9. The molecular formula is C28H24BrClN2O3S. The molecule has 0 bridgehead atoms. The van der Waals surface area contributed by atoms with E-state index in [0.717, 1.165) is 37.0 Å². The number of carbonyl (C=O) groups is 2. The van der Waals surface area contributed by atoms with Gasteiger partial charge in [-0.1, -0.05) is 63.4 Å². The van der Waals surface area contributed by atoms with Crippen LogP contribution in [0.4, 0.5) is 0 Å². The van der Waals surface area contributed by atoms with E-state index in [0.29, 0.717) is 11.6 Å². The van der Waals surface area contributed by atoms with Crippen molar-refractivity contribution in [1.29, 1.82) is 0 Å². The van der Waals surface area contributed by atoms with E-state index in [4.69, 9.17) is 11.6 Å². The number of likely N-dealkylation sites (tertiary alicyclic amines) is 1. The molecule has 1 aromatic heterocycles. The highest BCUT2D eigenvalue weighted by atomic mass is 79.9. The Hall–Kier alpha value is -2.74. The lowest BCUT2D eigenvalue weighted by Gasteiger charge is -2.36. The van der Waals surface area contributed by atoms with Crippen LogP contribution in [0.5, 0.6) is 0 Å². The molecule has 0 saturated carbocycles. The van der Waals surface area contributed by atoms with Gasteiger partial charge in [0.25, 0.3) is 0 Å². The fourth-order valence-electron chi connectivity index (χ4n) is 5.03.